The summed E-state index contributed by atoms with van der Waals surface area (Å²) in [6.07, 6.45) is 0.811. The fourth-order valence-electron chi connectivity index (χ4n) is 2.18. The monoisotopic (exact) mass is 388 g/mol. The largest absolute Gasteiger partial charge is 0.349 e. The highest BCUT2D eigenvalue weighted by Crippen LogP contribution is 2.26. The number of halogens is 2. The lowest BCUT2D eigenvalue weighted by Crippen LogP contribution is -2.28. The third-order valence-electron chi connectivity index (χ3n) is 3.31. The van der Waals surface area contributed by atoms with Crippen molar-refractivity contribution in [1.29, 1.82) is 0 Å². The Morgan fingerprint density at radius 2 is 2.21 bits per heavy atom. The van der Waals surface area contributed by atoms with Crippen molar-refractivity contribution in [3.8, 4) is 0 Å². The number of amides is 1. The molecule has 0 bridgehead atoms. The van der Waals surface area contributed by atoms with Gasteiger partial charge < -0.3 is 5.32 Å². The minimum absolute atomic E-state index is 0.156. The number of benzene rings is 1. The van der Waals surface area contributed by atoms with Crippen molar-refractivity contribution in [2.45, 2.75) is 38.0 Å². The van der Waals surface area contributed by atoms with Crippen molar-refractivity contribution in [2.24, 2.45) is 0 Å². The van der Waals surface area contributed by atoms with Gasteiger partial charge in [0.15, 0.2) is 5.16 Å². The van der Waals surface area contributed by atoms with E-state index in [4.69, 9.17) is 23.2 Å². The van der Waals surface area contributed by atoms with Gasteiger partial charge in [0.25, 0.3) is 0 Å². The maximum Gasteiger partial charge on any atom is 0.343 e. The van der Waals surface area contributed by atoms with Crippen molar-refractivity contribution in [1.82, 2.24) is 20.1 Å². The van der Waals surface area contributed by atoms with Crippen LogP contribution in [0.1, 0.15) is 31.9 Å². The van der Waals surface area contributed by atoms with Crippen LogP contribution in [0.4, 0.5) is 0 Å². The van der Waals surface area contributed by atoms with Crippen LogP contribution in [0.25, 0.3) is 0 Å². The summed E-state index contributed by atoms with van der Waals surface area (Å²) in [4.78, 5) is 23.7. The summed E-state index contributed by atoms with van der Waals surface area (Å²) in [5.41, 5.74) is 0.531. The Bertz CT molecular complexity index is 775. The highest BCUT2D eigenvalue weighted by molar-refractivity contribution is 7.99. The van der Waals surface area contributed by atoms with E-state index in [-0.39, 0.29) is 23.4 Å². The summed E-state index contributed by atoms with van der Waals surface area (Å²) in [6, 6.07) is 4.91. The van der Waals surface area contributed by atoms with E-state index in [0.29, 0.717) is 21.7 Å². The minimum atomic E-state index is -0.263. The lowest BCUT2D eigenvalue weighted by molar-refractivity contribution is -0.119. The Labute approximate surface area is 153 Å². The highest BCUT2D eigenvalue weighted by atomic mass is 35.5. The number of hydrogen-bond donors (Lipinski definition) is 2. The van der Waals surface area contributed by atoms with Gasteiger partial charge in [-0.2, -0.15) is 0 Å². The number of rotatable bonds is 7. The molecule has 1 unspecified atom stereocenters. The van der Waals surface area contributed by atoms with Crippen LogP contribution < -0.4 is 11.0 Å². The lowest BCUT2D eigenvalue weighted by Gasteiger charge is -2.15. The molecule has 0 aliphatic heterocycles. The molecule has 130 valence electrons. The minimum Gasteiger partial charge on any atom is -0.349 e. The van der Waals surface area contributed by atoms with Gasteiger partial charge in [0, 0.05) is 16.6 Å². The van der Waals surface area contributed by atoms with Gasteiger partial charge in [0.1, 0.15) is 0 Å². The van der Waals surface area contributed by atoms with Gasteiger partial charge >= 0.3 is 5.69 Å². The van der Waals surface area contributed by atoms with Crippen molar-refractivity contribution in [3.05, 3.63) is 44.3 Å². The molecule has 2 N–H and O–H groups in total. The van der Waals surface area contributed by atoms with E-state index in [2.05, 4.69) is 15.5 Å². The van der Waals surface area contributed by atoms with E-state index in [1.54, 1.807) is 18.2 Å². The molecule has 0 fully saturated rings. The second kappa shape index (κ2) is 8.60. The molecule has 2 rings (SSSR count). The van der Waals surface area contributed by atoms with Crippen LogP contribution in [-0.4, -0.2) is 26.4 Å². The van der Waals surface area contributed by atoms with Crippen LogP contribution in [0.3, 0.4) is 0 Å². The predicted octanol–water partition coefficient (Wildman–Crippen LogP) is 3.26. The third kappa shape index (κ3) is 4.78. The smallest absolute Gasteiger partial charge is 0.343 e. The van der Waals surface area contributed by atoms with E-state index < -0.39 is 0 Å². The zero-order valence-corrected chi connectivity index (χ0v) is 15.6. The number of nitrogens with zero attached hydrogens (tertiary/aromatic N) is 2. The summed E-state index contributed by atoms with van der Waals surface area (Å²) in [6.45, 7) is 4.38. The van der Waals surface area contributed by atoms with Crippen LogP contribution in [0.5, 0.6) is 0 Å². The average molecular weight is 389 g/mol. The van der Waals surface area contributed by atoms with E-state index in [1.165, 1.54) is 16.3 Å². The molecule has 0 saturated carbocycles. The first-order valence-electron chi connectivity index (χ1n) is 7.44. The Kier molecular flexibility index (Phi) is 6.77. The summed E-state index contributed by atoms with van der Waals surface area (Å²) < 4.78 is 1.53. The Morgan fingerprint density at radius 3 is 2.88 bits per heavy atom. The van der Waals surface area contributed by atoms with Crippen LogP contribution in [0, 0.1) is 0 Å². The van der Waals surface area contributed by atoms with E-state index >= 15 is 0 Å². The number of H-pyrrole nitrogens is 1. The van der Waals surface area contributed by atoms with Gasteiger partial charge in [-0.05, 0) is 31.0 Å². The first-order chi connectivity index (χ1) is 11.4. The molecular formula is C15H18Cl2N4O2S. The topological polar surface area (TPSA) is 79.8 Å². The number of carbonyl (C=O) groups is 1. The predicted molar refractivity (Wildman–Crippen MR) is 96.9 cm³/mol. The van der Waals surface area contributed by atoms with Gasteiger partial charge in [-0.1, -0.05) is 48.0 Å². The Balaban J connectivity index is 1.95. The van der Waals surface area contributed by atoms with Crippen molar-refractivity contribution in [2.75, 3.05) is 5.75 Å². The maximum atomic E-state index is 12.1. The fraction of sp³-hybridized carbons (Fsp3) is 0.400. The SMILES string of the molecule is CCCn1c(SCC(=O)NC(C)c2ccc(Cl)cc2Cl)n[nH]c1=O. The Hall–Kier alpha value is -1.44. The van der Waals surface area contributed by atoms with E-state index in [9.17, 15) is 9.59 Å². The number of carbonyl (C=O) groups excluding carboxylic acids is 1. The van der Waals surface area contributed by atoms with Crippen LogP contribution in [0.2, 0.25) is 10.0 Å². The molecule has 0 radical (unpaired) electrons. The quantitative estimate of drug-likeness (QED) is 0.713. The number of nitrogens with one attached hydrogen (secondary N) is 2. The molecule has 24 heavy (non-hydrogen) atoms. The van der Waals surface area contributed by atoms with E-state index in [1.807, 2.05) is 13.8 Å². The third-order valence-corrected chi connectivity index (χ3v) is 4.85. The van der Waals surface area contributed by atoms with Gasteiger partial charge in [0.2, 0.25) is 5.91 Å². The lowest BCUT2D eigenvalue weighted by atomic mass is 10.1. The highest BCUT2D eigenvalue weighted by Gasteiger charge is 2.15. The second-order valence-corrected chi connectivity index (χ2v) is 6.99. The average Bonchev–Trinajstić information content (AvgIpc) is 2.86. The van der Waals surface area contributed by atoms with E-state index in [0.717, 1.165) is 12.0 Å². The molecule has 0 saturated heterocycles. The first-order valence-corrected chi connectivity index (χ1v) is 9.18. The second-order valence-electron chi connectivity index (χ2n) is 5.21. The molecule has 1 amide bonds. The molecule has 2 aromatic rings. The molecule has 1 aromatic heterocycles. The normalized spacial score (nSPS) is 12.2. The molecular weight excluding hydrogens is 371 g/mol. The molecule has 1 aromatic carbocycles. The summed E-state index contributed by atoms with van der Waals surface area (Å²) in [5, 5.41) is 10.8. The molecule has 9 heteroatoms. The molecule has 1 heterocycles. The Morgan fingerprint density at radius 1 is 1.46 bits per heavy atom. The van der Waals surface area contributed by atoms with Crippen molar-refractivity contribution in [3.63, 3.8) is 0 Å². The van der Waals surface area contributed by atoms with Gasteiger partial charge in [0.05, 0.1) is 11.8 Å². The summed E-state index contributed by atoms with van der Waals surface area (Å²) in [7, 11) is 0. The standard InChI is InChI=1S/C15H18Cl2N4O2S/c1-3-6-21-14(23)19-20-15(21)24-8-13(22)18-9(2)11-5-4-10(16)7-12(11)17/h4-5,7,9H,3,6,8H2,1-2H3,(H,18,22)(H,19,23). The van der Waals surface area contributed by atoms with Gasteiger partial charge in [-0.25, -0.2) is 9.89 Å². The zero-order valence-electron chi connectivity index (χ0n) is 13.3. The van der Waals surface area contributed by atoms with Gasteiger partial charge in [-0.3, -0.25) is 9.36 Å². The van der Waals surface area contributed by atoms with Crippen LogP contribution >= 0.6 is 35.0 Å². The molecule has 0 spiro atoms. The number of aromatic nitrogens is 3. The fourth-order valence-corrected chi connectivity index (χ4v) is 3.53. The molecule has 6 nitrogen and oxygen atoms in total. The summed E-state index contributed by atoms with van der Waals surface area (Å²) >= 11 is 13.2. The zero-order chi connectivity index (χ0) is 17.7. The maximum absolute atomic E-state index is 12.1. The van der Waals surface area contributed by atoms with Crippen LogP contribution in [-0.2, 0) is 11.3 Å². The first kappa shape index (κ1) is 18.9. The number of aromatic amines is 1. The molecule has 1 atom stereocenters. The van der Waals surface area contributed by atoms with Gasteiger partial charge in [-0.15, -0.1) is 5.10 Å². The molecule has 0 aliphatic carbocycles. The summed E-state index contributed by atoms with van der Waals surface area (Å²) in [5.74, 6) is -0.0131. The van der Waals surface area contributed by atoms with Crippen molar-refractivity contribution >= 4 is 40.9 Å². The van der Waals surface area contributed by atoms with Crippen LogP contribution in [0.15, 0.2) is 28.2 Å². The number of hydrogen-bond acceptors (Lipinski definition) is 4. The number of thioether (sulfide) groups is 1. The molecule has 0 aliphatic rings. The van der Waals surface area contributed by atoms with Crippen molar-refractivity contribution < 1.29 is 4.79 Å².